The molecule has 7 nitrogen and oxygen atoms in total. The van der Waals surface area contributed by atoms with Crippen LogP contribution in [0.2, 0.25) is 0 Å². The first kappa shape index (κ1) is 21.0. The summed E-state index contributed by atoms with van der Waals surface area (Å²) in [6.45, 7) is 3.93. The Labute approximate surface area is 178 Å². The molecule has 30 heavy (non-hydrogen) atoms. The molecule has 0 saturated carbocycles. The molecule has 2 saturated heterocycles. The summed E-state index contributed by atoms with van der Waals surface area (Å²) in [7, 11) is 1.63. The first-order chi connectivity index (χ1) is 14.6. The molecule has 3 aliphatic rings. The van der Waals surface area contributed by atoms with Gasteiger partial charge in [0.15, 0.2) is 0 Å². The summed E-state index contributed by atoms with van der Waals surface area (Å²) in [4.78, 5) is 36.6. The molecule has 0 N–H and O–H groups in total. The lowest BCUT2D eigenvalue weighted by atomic mass is 9.84. The lowest BCUT2D eigenvalue weighted by Gasteiger charge is -2.43. The van der Waals surface area contributed by atoms with E-state index in [1.165, 1.54) is 17.7 Å². The van der Waals surface area contributed by atoms with Crippen LogP contribution in [-0.2, 0) is 16.1 Å². The molecule has 2 aliphatic heterocycles. The van der Waals surface area contributed by atoms with Gasteiger partial charge in [-0.2, -0.15) is 0 Å². The van der Waals surface area contributed by atoms with Crippen molar-refractivity contribution in [3.05, 3.63) is 42.2 Å². The highest BCUT2D eigenvalue weighted by Crippen LogP contribution is 2.38. The minimum Gasteiger partial charge on any atom is -0.383 e. The summed E-state index contributed by atoms with van der Waals surface area (Å²) in [5.41, 5.74) is 0.131. The number of carbonyl (C=O) groups excluding carboxylic acids is 2. The lowest BCUT2D eigenvalue weighted by Crippen LogP contribution is -2.57. The van der Waals surface area contributed by atoms with Crippen molar-refractivity contribution in [3.8, 4) is 0 Å². The van der Waals surface area contributed by atoms with E-state index in [2.05, 4.69) is 22.0 Å². The fourth-order valence-corrected chi connectivity index (χ4v) is 5.06. The number of aromatic nitrogens is 1. The smallest absolute Gasteiger partial charge is 0.328 e. The molecular weight excluding hydrogens is 380 g/mol. The summed E-state index contributed by atoms with van der Waals surface area (Å²) in [6.07, 6.45) is 12.9. The third kappa shape index (κ3) is 4.14. The van der Waals surface area contributed by atoms with E-state index >= 15 is 0 Å². The average molecular weight is 413 g/mol. The number of pyridine rings is 1. The fourth-order valence-electron chi connectivity index (χ4n) is 5.06. The van der Waals surface area contributed by atoms with Crippen molar-refractivity contribution in [2.24, 2.45) is 5.92 Å². The van der Waals surface area contributed by atoms with Gasteiger partial charge in [-0.15, -0.1) is 0 Å². The third-order valence-electron chi connectivity index (χ3n) is 6.78. The molecule has 2 fully saturated rings. The van der Waals surface area contributed by atoms with E-state index in [4.69, 9.17) is 4.74 Å². The number of imide groups is 1. The van der Waals surface area contributed by atoms with Crippen LogP contribution in [0.25, 0.3) is 0 Å². The van der Waals surface area contributed by atoms with E-state index in [-0.39, 0.29) is 18.5 Å². The van der Waals surface area contributed by atoms with Gasteiger partial charge >= 0.3 is 6.03 Å². The molecule has 0 bridgehead atoms. The van der Waals surface area contributed by atoms with Crippen molar-refractivity contribution >= 4 is 11.9 Å². The van der Waals surface area contributed by atoms with E-state index in [0.29, 0.717) is 31.9 Å². The number of ether oxygens (including phenoxy) is 1. The van der Waals surface area contributed by atoms with E-state index in [1.54, 1.807) is 24.4 Å². The number of piperidine rings is 1. The standard InChI is InChI=1S/C23H32N4O3/c1-30-15-14-27-22(29)26(18-20-8-5-11-24-16-20)21(28)23(27)9-12-25(13-10-23)17-19-6-3-2-4-7-19/h2-3,5,8,11,16,19H,4,6-7,9-10,12-15,17-18H2,1H3/t19-/m0/s1. The maximum absolute atomic E-state index is 13.5. The summed E-state index contributed by atoms with van der Waals surface area (Å²) in [5, 5.41) is 0. The van der Waals surface area contributed by atoms with Gasteiger partial charge in [0.2, 0.25) is 0 Å². The van der Waals surface area contributed by atoms with Crippen molar-refractivity contribution in [1.29, 1.82) is 0 Å². The molecule has 7 heteroatoms. The molecule has 0 unspecified atom stereocenters. The van der Waals surface area contributed by atoms with Gasteiger partial charge in [0, 0.05) is 45.7 Å². The maximum Gasteiger partial charge on any atom is 0.328 e. The Kier molecular flexibility index (Phi) is 6.49. The molecule has 1 aromatic heterocycles. The van der Waals surface area contributed by atoms with Crippen LogP contribution < -0.4 is 0 Å². The maximum atomic E-state index is 13.5. The Bertz CT molecular complexity index is 774. The fraction of sp³-hybridized carbons (Fsp3) is 0.609. The highest BCUT2D eigenvalue weighted by atomic mass is 16.5. The first-order valence-electron chi connectivity index (χ1n) is 11.0. The number of methoxy groups -OCH3 is 1. The molecule has 0 radical (unpaired) electrons. The molecule has 162 valence electrons. The minimum absolute atomic E-state index is 0.0623. The van der Waals surface area contributed by atoms with Crippen LogP contribution in [0.3, 0.4) is 0 Å². The van der Waals surface area contributed by atoms with Crippen molar-refractivity contribution < 1.29 is 14.3 Å². The number of carbonyl (C=O) groups is 2. The number of urea groups is 1. The predicted molar refractivity (Wildman–Crippen MR) is 114 cm³/mol. The summed E-state index contributed by atoms with van der Waals surface area (Å²) in [6, 6.07) is 3.53. The Morgan fingerprint density at radius 1 is 1.23 bits per heavy atom. The van der Waals surface area contributed by atoms with Gasteiger partial charge in [-0.1, -0.05) is 18.2 Å². The normalized spacial score (nSPS) is 24.2. The molecule has 3 heterocycles. The van der Waals surface area contributed by atoms with E-state index in [1.807, 2.05) is 12.1 Å². The Hall–Kier alpha value is -2.25. The second-order valence-electron chi connectivity index (χ2n) is 8.66. The van der Waals surface area contributed by atoms with Gasteiger partial charge in [0.05, 0.1) is 13.2 Å². The van der Waals surface area contributed by atoms with Crippen LogP contribution in [0.5, 0.6) is 0 Å². The van der Waals surface area contributed by atoms with Crippen LogP contribution >= 0.6 is 0 Å². The quantitative estimate of drug-likeness (QED) is 0.509. The van der Waals surface area contributed by atoms with Gasteiger partial charge < -0.3 is 14.5 Å². The number of nitrogens with zero attached hydrogens (tertiary/aromatic N) is 4. The zero-order valence-electron chi connectivity index (χ0n) is 17.8. The van der Waals surface area contributed by atoms with Crippen molar-refractivity contribution in [1.82, 2.24) is 19.7 Å². The second-order valence-corrected chi connectivity index (χ2v) is 8.66. The number of rotatable bonds is 7. The number of allylic oxidation sites excluding steroid dienone is 2. The molecule has 1 atom stereocenters. The number of hydrogen-bond acceptors (Lipinski definition) is 5. The zero-order valence-corrected chi connectivity index (χ0v) is 17.8. The zero-order chi connectivity index (χ0) is 21.0. The lowest BCUT2D eigenvalue weighted by molar-refractivity contribution is -0.136. The number of hydrogen-bond donors (Lipinski definition) is 0. The molecule has 1 aliphatic carbocycles. The largest absolute Gasteiger partial charge is 0.383 e. The molecule has 4 rings (SSSR count). The summed E-state index contributed by atoms with van der Waals surface area (Å²) < 4.78 is 5.25. The molecule has 1 aromatic rings. The van der Waals surface area contributed by atoms with Gasteiger partial charge in [0.1, 0.15) is 5.54 Å². The number of likely N-dealkylation sites (tertiary alicyclic amines) is 1. The highest BCUT2D eigenvalue weighted by Gasteiger charge is 2.57. The van der Waals surface area contributed by atoms with Crippen molar-refractivity contribution in [3.63, 3.8) is 0 Å². The SMILES string of the molecule is COCCN1C(=O)N(Cc2cccnc2)C(=O)C12CCN(C[C@H]1CC=CCC1)CC2. The summed E-state index contributed by atoms with van der Waals surface area (Å²) in [5.74, 6) is 0.643. The van der Waals surface area contributed by atoms with Crippen LogP contribution in [-0.4, -0.2) is 77.1 Å². The van der Waals surface area contributed by atoms with Gasteiger partial charge in [-0.05, 0) is 49.7 Å². The Balaban J connectivity index is 1.47. The van der Waals surface area contributed by atoms with Gasteiger partial charge in [-0.3, -0.25) is 14.7 Å². The minimum atomic E-state index is -0.735. The summed E-state index contributed by atoms with van der Waals surface area (Å²) >= 11 is 0. The van der Waals surface area contributed by atoms with E-state index < -0.39 is 5.54 Å². The molecule has 3 amide bonds. The van der Waals surface area contributed by atoms with Crippen molar-refractivity contribution in [2.75, 3.05) is 39.9 Å². The number of amides is 3. The second kappa shape index (κ2) is 9.27. The monoisotopic (exact) mass is 412 g/mol. The molecular formula is C23H32N4O3. The topological polar surface area (TPSA) is 66.0 Å². The van der Waals surface area contributed by atoms with Crippen molar-refractivity contribution in [2.45, 2.75) is 44.2 Å². The Morgan fingerprint density at radius 3 is 2.73 bits per heavy atom. The van der Waals surface area contributed by atoms with Gasteiger partial charge in [0.25, 0.3) is 5.91 Å². The van der Waals surface area contributed by atoms with Crippen LogP contribution in [0.15, 0.2) is 36.7 Å². The van der Waals surface area contributed by atoms with Crippen LogP contribution in [0.4, 0.5) is 4.79 Å². The third-order valence-corrected chi connectivity index (χ3v) is 6.78. The van der Waals surface area contributed by atoms with Gasteiger partial charge in [-0.25, -0.2) is 4.79 Å². The van der Waals surface area contributed by atoms with E-state index in [0.717, 1.165) is 31.6 Å². The van der Waals surface area contributed by atoms with Crippen LogP contribution in [0.1, 0.15) is 37.7 Å². The first-order valence-corrected chi connectivity index (χ1v) is 11.0. The average Bonchev–Trinajstić information content (AvgIpc) is 2.96. The molecule has 0 aromatic carbocycles. The molecule has 1 spiro atoms. The Morgan fingerprint density at radius 2 is 2.07 bits per heavy atom. The predicted octanol–water partition coefficient (Wildman–Crippen LogP) is 2.68. The van der Waals surface area contributed by atoms with E-state index in [9.17, 15) is 9.59 Å². The highest BCUT2D eigenvalue weighted by molar-refractivity contribution is 6.07. The van der Waals surface area contributed by atoms with Crippen LogP contribution in [0, 0.1) is 5.92 Å².